The average Bonchev–Trinajstić information content (AvgIpc) is 2.97. The number of hydrogen-bond acceptors (Lipinski definition) is 4. The molecule has 5 heteroatoms. The number of ether oxygens (including phenoxy) is 1. The maximum Gasteiger partial charge on any atom is 0.231 e. The minimum atomic E-state index is -0.0322. The van der Waals surface area contributed by atoms with E-state index in [9.17, 15) is 4.79 Å². The van der Waals surface area contributed by atoms with Crippen LogP contribution < -0.4 is 20.3 Å². The van der Waals surface area contributed by atoms with Crippen molar-refractivity contribution in [3.63, 3.8) is 0 Å². The molecule has 0 spiro atoms. The lowest BCUT2D eigenvalue weighted by Gasteiger charge is -2.26. The number of nitrogens with zero attached hydrogens (tertiary/aromatic N) is 1. The summed E-state index contributed by atoms with van der Waals surface area (Å²) in [5.41, 5.74) is 2.09. The first-order chi connectivity index (χ1) is 14.7. The van der Waals surface area contributed by atoms with Gasteiger partial charge in [0.2, 0.25) is 5.91 Å². The number of amides is 1. The van der Waals surface area contributed by atoms with Gasteiger partial charge in [-0.05, 0) is 50.7 Å². The second kappa shape index (κ2) is 11.7. The van der Waals surface area contributed by atoms with Crippen molar-refractivity contribution in [2.75, 3.05) is 38.1 Å². The normalized spacial score (nSPS) is 18.1. The molecular formula is C25H35N3O2. The number of anilines is 1. The lowest BCUT2D eigenvalue weighted by atomic mass is 10.0. The van der Waals surface area contributed by atoms with Gasteiger partial charge in [-0.2, -0.15) is 0 Å². The molecule has 1 aliphatic rings. The Hall–Kier alpha value is -2.37. The lowest BCUT2D eigenvalue weighted by molar-refractivity contribution is -0.122. The Morgan fingerprint density at radius 1 is 1.13 bits per heavy atom. The van der Waals surface area contributed by atoms with E-state index >= 15 is 0 Å². The minimum Gasteiger partial charge on any atom is -0.486 e. The van der Waals surface area contributed by atoms with E-state index < -0.39 is 0 Å². The Morgan fingerprint density at radius 2 is 1.97 bits per heavy atom. The van der Waals surface area contributed by atoms with E-state index in [1.54, 1.807) is 0 Å². The Balaban J connectivity index is 1.77. The van der Waals surface area contributed by atoms with Crippen LogP contribution in [-0.4, -0.2) is 39.1 Å². The summed E-state index contributed by atoms with van der Waals surface area (Å²) in [4.78, 5) is 15.1. The number of carbonyl (C=O) groups is 1. The molecule has 1 heterocycles. The summed E-state index contributed by atoms with van der Waals surface area (Å²) in [5, 5.41) is 6.56. The van der Waals surface area contributed by atoms with Crippen molar-refractivity contribution in [2.24, 2.45) is 5.92 Å². The van der Waals surface area contributed by atoms with Crippen LogP contribution in [0.3, 0.4) is 0 Å². The number of benzene rings is 2. The molecule has 2 aromatic carbocycles. The number of hydrogen-bond donors (Lipinski definition) is 2. The summed E-state index contributed by atoms with van der Waals surface area (Å²) in [6.45, 7) is 5.36. The zero-order valence-corrected chi connectivity index (χ0v) is 18.3. The molecule has 3 rings (SSSR count). The Labute approximate surface area is 180 Å². The molecule has 0 unspecified atom stereocenters. The van der Waals surface area contributed by atoms with E-state index in [0.717, 1.165) is 68.9 Å². The minimum absolute atomic E-state index is 0.0322. The van der Waals surface area contributed by atoms with Crippen LogP contribution in [0.4, 0.5) is 5.69 Å². The molecule has 0 saturated carbocycles. The summed E-state index contributed by atoms with van der Waals surface area (Å²) in [6, 6.07) is 18.3. The van der Waals surface area contributed by atoms with E-state index in [1.165, 1.54) is 0 Å². The van der Waals surface area contributed by atoms with Gasteiger partial charge >= 0.3 is 0 Å². The molecule has 30 heavy (non-hydrogen) atoms. The topological polar surface area (TPSA) is 53.6 Å². The van der Waals surface area contributed by atoms with Crippen molar-refractivity contribution in [3.05, 3.63) is 60.2 Å². The second-order valence-corrected chi connectivity index (χ2v) is 7.90. The summed E-state index contributed by atoms with van der Waals surface area (Å²) < 4.78 is 6.40. The van der Waals surface area contributed by atoms with Gasteiger partial charge in [-0.1, -0.05) is 49.7 Å². The second-order valence-electron chi connectivity index (χ2n) is 7.90. The average molecular weight is 410 g/mol. The van der Waals surface area contributed by atoms with Crippen LogP contribution in [0, 0.1) is 5.92 Å². The number of rotatable bonds is 10. The monoisotopic (exact) mass is 409 g/mol. The van der Waals surface area contributed by atoms with Crippen LogP contribution in [0.15, 0.2) is 54.6 Å². The van der Waals surface area contributed by atoms with E-state index in [4.69, 9.17) is 4.74 Å². The first kappa shape index (κ1) is 22.3. The van der Waals surface area contributed by atoms with Crippen molar-refractivity contribution < 1.29 is 9.53 Å². The van der Waals surface area contributed by atoms with Crippen molar-refractivity contribution in [3.8, 4) is 5.75 Å². The van der Waals surface area contributed by atoms with Crippen molar-refractivity contribution in [1.29, 1.82) is 0 Å². The zero-order valence-electron chi connectivity index (χ0n) is 18.3. The smallest absolute Gasteiger partial charge is 0.231 e. The quantitative estimate of drug-likeness (QED) is 0.619. The van der Waals surface area contributed by atoms with E-state index in [-0.39, 0.29) is 17.9 Å². The summed E-state index contributed by atoms with van der Waals surface area (Å²) in [6.07, 6.45) is 3.93. The van der Waals surface area contributed by atoms with Crippen LogP contribution in [0.1, 0.15) is 44.3 Å². The largest absolute Gasteiger partial charge is 0.486 e. The third-order valence-electron chi connectivity index (χ3n) is 5.68. The molecule has 1 aliphatic heterocycles. The van der Waals surface area contributed by atoms with Crippen LogP contribution >= 0.6 is 0 Å². The van der Waals surface area contributed by atoms with Gasteiger partial charge in [0.05, 0.1) is 5.92 Å². The van der Waals surface area contributed by atoms with Gasteiger partial charge in [0.25, 0.3) is 0 Å². The molecule has 0 aromatic heterocycles. The summed E-state index contributed by atoms with van der Waals surface area (Å²) >= 11 is 0. The molecule has 1 saturated heterocycles. The van der Waals surface area contributed by atoms with Crippen LogP contribution in [0.25, 0.3) is 0 Å². The van der Waals surface area contributed by atoms with Crippen molar-refractivity contribution in [2.45, 2.75) is 38.7 Å². The predicted molar refractivity (Wildman–Crippen MR) is 123 cm³/mol. The Kier molecular flexibility index (Phi) is 8.72. The molecule has 2 atom stereocenters. The molecule has 2 aromatic rings. The fourth-order valence-electron chi connectivity index (χ4n) is 4.00. The van der Waals surface area contributed by atoms with Gasteiger partial charge in [0.15, 0.2) is 0 Å². The maximum absolute atomic E-state index is 13.2. The van der Waals surface area contributed by atoms with Gasteiger partial charge in [0.1, 0.15) is 11.9 Å². The Morgan fingerprint density at radius 3 is 2.73 bits per heavy atom. The lowest BCUT2D eigenvalue weighted by Crippen LogP contribution is -2.39. The van der Waals surface area contributed by atoms with Crippen molar-refractivity contribution in [1.82, 2.24) is 10.6 Å². The first-order valence-corrected chi connectivity index (χ1v) is 11.2. The van der Waals surface area contributed by atoms with Gasteiger partial charge in [0, 0.05) is 31.3 Å². The molecule has 5 nitrogen and oxygen atoms in total. The third kappa shape index (κ3) is 6.07. The number of carbonyl (C=O) groups excluding carboxylic acids is 1. The zero-order chi connectivity index (χ0) is 21.2. The van der Waals surface area contributed by atoms with Gasteiger partial charge in [-0.25, -0.2) is 0 Å². The highest BCUT2D eigenvalue weighted by Crippen LogP contribution is 2.30. The fourth-order valence-corrected chi connectivity index (χ4v) is 4.00. The predicted octanol–water partition coefficient (Wildman–Crippen LogP) is 4.16. The molecule has 2 N–H and O–H groups in total. The summed E-state index contributed by atoms with van der Waals surface area (Å²) in [7, 11) is 1.96. The van der Waals surface area contributed by atoms with Gasteiger partial charge in [-0.3, -0.25) is 4.79 Å². The van der Waals surface area contributed by atoms with E-state index in [1.807, 2.05) is 54.4 Å². The molecular weight excluding hydrogens is 374 g/mol. The molecule has 0 radical (unpaired) electrons. The van der Waals surface area contributed by atoms with E-state index in [2.05, 4.69) is 29.7 Å². The van der Waals surface area contributed by atoms with Gasteiger partial charge in [-0.15, -0.1) is 0 Å². The van der Waals surface area contributed by atoms with E-state index in [0.29, 0.717) is 0 Å². The standard InChI is InChI=1S/C25H35N3O2/c1-3-27-19-21-12-7-8-17-28(25(21)29)22-13-9-14-23(18-22)30-24(15-16-26-2)20-10-5-4-6-11-20/h4-6,9-11,13-14,18,21,24,26-27H,3,7-8,12,15-17,19H2,1-2H3/t21-,24+/m1/s1. The molecule has 162 valence electrons. The number of nitrogens with one attached hydrogen (secondary N) is 2. The maximum atomic E-state index is 13.2. The van der Waals surface area contributed by atoms with Crippen molar-refractivity contribution >= 4 is 11.6 Å². The first-order valence-electron chi connectivity index (χ1n) is 11.2. The summed E-state index contributed by atoms with van der Waals surface area (Å²) in [5.74, 6) is 1.07. The molecule has 1 amide bonds. The molecule has 0 aliphatic carbocycles. The van der Waals surface area contributed by atoms with Crippen LogP contribution in [0.5, 0.6) is 5.75 Å². The Bertz CT molecular complexity index is 781. The van der Waals surface area contributed by atoms with Gasteiger partial charge < -0.3 is 20.3 Å². The molecule has 1 fully saturated rings. The third-order valence-corrected chi connectivity index (χ3v) is 5.68. The molecule has 0 bridgehead atoms. The highest BCUT2D eigenvalue weighted by molar-refractivity contribution is 5.95. The SMILES string of the molecule is CCNC[C@H]1CCCCN(c2cccc(O[C@@H](CCNC)c3ccccc3)c2)C1=O. The highest BCUT2D eigenvalue weighted by atomic mass is 16.5. The van der Waals surface area contributed by atoms with Crippen LogP contribution in [-0.2, 0) is 4.79 Å². The fraction of sp³-hybridized carbons (Fsp3) is 0.480. The van der Waals surface area contributed by atoms with Crippen LogP contribution in [0.2, 0.25) is 0 Å². The highest BCUT2D eigenvalue weighted by Gasteiger charge is 2.27.